The van der Waals surface area contributed by atoms with Gasteiger partial charge in [-0.25, -0.2) is 9.97 Å². The van der Waals surface area contributed by atoms with Crippen molar-refractivity contribution in [2.75, 3.05) is 7.11 Å². The van der Waals surface area contributed by atoms with Gasteiger partial charge in [0.05, 0.1) is 18.8 Å². The van der Waals surface area contributed by atoms with Crippen LogP contribution in [0, 0.1) is 6.92 Å². The number of rotatable bonds is 5. The van der Waals surface area contributed by atoms with Crippen LogP contribution in [0.4, 0.5) is 0 Å². The van der Waals surface area contributed by atoms with E-state index >= 15 is 0 Å². The molecule has 1 atom stereocenters. The average molecular weight is 258 g/mol. The Morgan fingerprint density at radius 1 is 1.37 bits per heavy atom. The molecule has 1 heterocycles. The molecular weight excluding hydrogens is 240 g/mol. The number of aryl methyl sites for hydroxylation is 1. The lowest BCUT2D eigenvalue weighted by atomic mass is 10.0. The van der Waals surface area contributed by atoms with Crippen molar-refractivity contribution in [3.63, 3.8) is 0 Å². The Hall–Kier alpha value is -1.98. The lowest BCUT2D eigenvalue weighted by Crippen LogP contribution is -2.30. The molecule has 0 fully saturated rings. The molecule has 1 aromatic heterocycles. The maximum absolute atomic E-state index is 5.63. The largest absolute Gasteiger partial charge is 0.496 e. The summed E-state index contributed by atoms with van der Waals surface area (Å²) in [6, 6.07) is 7.88. The number of hydrogen-bond donors (Lipinski definition) is 2. The molecule has 2 rings (SSSR count). The zero-order valence-electron chi connectivity index (χ0n) is 11.1. The van der Waals surface area contributed by atoms with E-state index in [0.717, 1.165) is 17.0 Å². The van der Waals surface area contributed by atoms with Crippen LogP contribution in [0.2, 0.25) is 0 Å². The summed E-state index contributed by atoms with van der Waals surface area (Å²) < 4.78 is 5.38. The van der Waals surface area contributed by atoms with E-state index in [2.05, 4.69) is 28.4 Å². The number of ether oxygens (including phenoxy) is 1. The highest BCUT2D eigenvalue weighted by molar-refractivity contribution is 5.37. The molecule has 5 nitrogen and oxygen atoms in total. The van der Waals surface area contributed by atoms with E-state index in [4.69, 9.17) is 10.6 Å². The molecule has 1 unspecified atom stereocenters. The first-order valence-corrected chi connectivity index (χ1v) is 6.10. The minimum absolute atomic E-state index is 0.0706. The van der Waals surface area contributed by atoms with E-state index < -0.39 is 0 Å². The maximum atomic E-state index is 5.63. The van der Waals surface area contributed by atoms with Gasteiger partial charge in [-0.15, -0.1) is 0 Å². The summed E-state index contributed by atoms with van der Waals surface area (Å²) in [6.45, 7) is 2.05. The molecule has 0 saturated heterocycles. The summed E-state index contributed by atoms with van der Waals surface area (Å²) in [4.78, 5) is 8.14. The molecule has 0 aliphatic rings. The fraction of sp³-hybridized carbons (Fsp3) is 0.286. The molecule has 0 amide bonds. The van der Waals surface area contributed by atoms with E-state index in [0.29, 0.717) is 6.42 Å². The Kier molecular flexibility index (Phi) is 4.43. The van der Waals surface area contributed by atoms with Gasteiger partial charge in [0.1, 0.15) is 12.1 Å². The van der Waals surface area contributed by atoms with Gasteiger partial charge in [0.25, 0.3) is 0 Å². The summed E-state index contributed by atoms with van der Waals surface area (Å²) in [7, 11) is 1.67. The Balaban J connectivity index is 2.26. The number of nitrogens with one attached hydrogen (secondary N) is 1. The normalized spacial score (nSPS) is 12.2. The van der Waals surface area contributed by atoms with Crippen LogP contribution < -0.4 is 16.0 Å². The highest BCUT2D eigenvalue weighted by Crippen LogP contribution is 2.24. The number of hydrazine groups is 1. The van der Waals surface area contributed by atoms with Crippen LogP contribution in [0.15, 0.2) is 36.8 Å². The van der Waals surface area contributed by atoms with Gasteiger partial charge in [0.15, 0.2) is 0 Å². The van der Waals surface area contributed by atoms with Gasteiger partial charge < -0.3 is 4.74 Å². The van der Waals surface area contributed by atoms with Crippen molar-refractivity contribution in [2.45, 2.75) is 19.4 Å². The second-order valence-corrected chi connectivity index (χ2v) is 4.37. The number of nitrogens with two attached hydrogens (primary N) is 1. The highest BCUT2D eigenvalue weighted by atomic mass is 16.5. The van der Waals surface area contributed by atoms with Crippen molar-refractivity contribution in [2.24, 2.45) is 5.84 Å². The van der Waals surface area contributed by atoms with E-state index in [1.807, 2.05) is 18.2 Å². The second kappa shape index (κ2) is 6.26. The van der Waals surface area contributed by atoms with Gasteiger partial charge >= 0.3 is 0 Å². The highest BCUT2D eigenvalue weighted by Gasteiger charge is 2.14. The molecule has 0 aliphatic heterocycles. The van der Waals surface area contributed by atoms with Crippen molar-refractivity contribution in [1.82, 2.24) is 15.4 Å². The monoisotopic (exact) mass is 258 g/mol. The smallest absolute Gasteiger partial charge is 0.122 e. The summed E-state index contributed by atoms with van der Waals surface area (Å²) in [5.74, 6) is 6.49. The second-order valence-electron chi connectivity index (χ2n) is 4.37. The van der Waals surface area contributed by atoms with Gasteiger partial charge in [0.2, 0.25) is 0 Å². The number of hydrogen-bond acceptors (Lipinski definition) is 5. The first-order valence-electron chi connectivity index (χ1n) is 6.10. The van der Waals surface area contributed by atoms with Crippen LogP contribution in [-0.4, -0.2) is 17.1 Å². The van der Waals surface area contributed by atoms with E-state index in [9.17, 15) is 0 Å². The zero-order valence-corrected chi connectivity index (χ0v) is 11.1. The van der Waals surface area contributed by atoms with Crippen LogP contribution in [-0.2, 0) is 6.42 Å². The minimum atomic E-state index is -0.0706. The van der Waals surface area contributed by atoms with Gasteiger partial charge in [-0.05, 0) is 31.0 Å². The molecule has 3 N–H and O–H groups in total. The number of nitrogens with zero attached hydrogens (tertiary/aromatic N) is 2. The third-order valence-electron chi connectivity index (χ3n) is 3.02. The van der Waals surface area contributed by atoms with Crippen LogP contribution in [0.25, 0.3) is 0 Å². The molecule has 2 aromatic rings. The Bertz CT molecular complexity index is 530. The summed E-state index contributed by atoms with van der Waals surface area (Å²) in [6.07, 6.45) is 3.94. The van der Waals surface area contributed by atoms with Crippen molar-refractivity contribution < 1.29 is 4.74 Å². The van der Waals surface area contributed by atoms with E-state index in [1.54, 1.807) is 13.3 Å². The molecule has 1 aromatic carbocycles. The van der Waals surface area contributed by atoms with Crippen molar-refractivity contribution in [3.05, 3.63) is 53.6 Å². The topological polar surface area (TPSA) is 73.1 Å². The van der Waals surface area contributed by atoms with Gasteiger partial charge in [-0.2, -0.15) is 0 Å². The quantitative estimate of drug-likeness (QED) is 0.628. The van der Waals surface area contributed by atoms with Crippen LogP contribution >= 0.6 is 0 Å². The van der Waals surface area contributed by atoms with E-state index in [1.165, 1.54) is 11.9 Å². The van der Waals surface area contributed by atoms with Gasteiger partial charge in [0, 0.05) is 6.20 Å². The number of benzene rings is 1. The maximum Gasteiger partial charge on any atom is 0.122 e. The Labute approximate surface area is 112 Å². The van der Waals surface area contributed by atoms with Crippen molar-refractivity contribution >= 4 is 0 Å². The molecule has 0 bridgehead atoms. The summed E-state index contributed by atoms with van der Waals surface area (Å²) in [5.41, 5.74) is 5.94. The summed E-state index contributed by atoms with van der Waals surface area (Å²) >= 11 is 0. The summed E-state index contributed by atoms with van der Waals surface area (Å²) in [5, 5.41) is 0. The molecule has 0 spiro atoms. The average Bonchev–Trinajstić information content (AvgIpc) is 2.46. The van der Waals surface area contributed by atoms with Gasteiger partial charge in [-0.3, -0.25) is 11.3 Å². The molecule has 19 heavy (non-hydrogen) atoms. The zero-order chi connectivity index (χ0) is 13.7. The standard InChI is InChI=1S/C14H18N4O/c1-10-3-4-14(19-2)11(7-10)8-13(18-15)12-5-6-16-9-17-12/h3-7,9,13,18H,8,15H2,1-2H3. The molecule has 5 heteroatoms. The molecular formula is C14H18N4O. The number of aromatic nitrogens is 2. The van der Waals surface area contributed by atoms with E-state index in [-0.39, 0.29) is 6.04 Å². The SMILES string of the molecule is COc1ccc(C)cc1CC(NN)c1ccncn1. The first-order chi connectivity index (χ1) is 9.24. The third kappa shape index (κ3) is 3.27. The molecule has 0 radical (unpaired) electrons. The Morgan fingerprint density at radius 3 is 2.84 bits per heavy atom. The number of methoxy groups -OCH3 is 1. The van der Waals surface area contributed by atoms with Crippen LogP contribution in [0.5, 0.6) is 5.75 Å². The fourth-order valence-electron chi connectivity index (χ4n) is 2.04. The van der Waals surface area contributed by atoms with Crippen molar-refractivity contribution in [1.29, 1.82) is 0 Å². The predicted molar refractivity (Wildman–Crippen MR) is 73.5 cm³/mol. The van der Waals surface area contributed by atoms with Gasteiger partial charge in [-0.1, -0.05) is 17.7 Å². The third-order valence-corrected chi connectivity index (χ3v) is 3.02. The van der Waals surface area contributed by atoms with Crippen molar-refractivity contribution in [3.8, 4) is 5.75 Å². The lowest BCUT2D eigenvalue weighted by molar-refractivity contribution is 0.405. The lowest BCUT2D eigenvalue weighted by Gasteiger charge is -2.17. The Morgan fingerprint density at radius 2 is 2.21 bits per heavy atom. The first kappa shape index (κ1) is 13.5. The molecule has 0 aliphatic carbocycles. The molecule has 100 valence electrons. The minimum Gasteiger partial charge on any atom is -0.496 e. The predicted octanol–water partition coefficient (Wildman–Crippen LogP) is 1.54. The fourth-order valence-corrected chi connectivity index (χ4v) is 2.04. The van der Waals surface area contributed by atoms with Crippen LogP contribution in [0.1, 0.15) is 22.9 Å². The van der Waals surface area contributed by atoms with Crippen LogP contribution in [0.3, 0.4) is 0 Å². The molecule has 0 saturated carbocycles.